The molecule has 0 aliphatic carbocycles. The number of hydrogen-bond donors (Lipinski definition) is 4. The summed E-state index contributed by atoms with van der Waals surface area (Å²) < 4.78 is 0. The second-order valence-electron chi connectivity index (χ2n) is 7.47. The summed E-state index contributed by atoms with van der Waals surface area (Å²) in [7, 11) is 0. The minimum atomic E-state index is -1.33. The van der Waals surface area contributed by atoms with Crippen molar-refractivity contribution in [3.63, 3.8) is 0 Å². The van der Waals surface area contributed by atoms with Gasteiger partial charge in [0.15, 0.2) is 0 Å². The van der Waals surface area contributed by atoms with Crippen LogP contribution < -0.4 is 0 Å². The molecule has 0 fully saturated rings. The van der Waals surface area contributed by atoms with Crippen molar-refractivity contribution in [3.05, 3.63) is 12.2 Å². The molecule has 28 heavy (non-hydrogen) atoms. The van der Waals surface area contributed by atoms with Gasteiger partial charge in [-0.2, -0.15) is 0 Å². The monoisotopic (exact) mass is 400 g/mol. The zero-order valence-electron chi connectivity index (χ0n) is 16.5. The molecule has 0 aromatic heterocycles. The van der Waals surface area contributed by atoms with Gasteiger partial charge in [0, 0.05) is 0 Å². The maximum atomic E-state index is 11.5. The first-order valence-corrected chi connectivity index (χ1v) is 9.61. The summed E-state index contributed by atoms with van der Waals surface area (Å²) in [6, 6.07) is 0. The molecule has 0 bridgehead atoms. The van der Waals surface area contributed by atoms with E-state index in [1.165, 1.54) is 0 Å². The lowest BCUT2D eigenvalue weighted by Gasteiger charge is -2.21. The minimum absolute atomic E-state index is 0.129. The number of allylic oxidation sites excluding steroid dienone is 2. The van der Waals surface area contributed by atoms with Gasteiger partial charge in [0.05, 0.1) is 24.2 Å². The molecule has 0 saturated heterocycles. The molecule has 8 nitrogen and oxygen atoms in total. The third kappa shape index (κ3) is 11.4. The molecular weight excluding hydrogens is 368 g/mol. The molecule has 0 aliphatic heterocycles. The van der Waals surface area contributed by atoms with Crippen LogP contribution in [0.1, 0.15) is 65.2 Å². The van der Waals surface area contributed by atoms with Gasteiger partial charge in [0.1, 0.15) is 0 Å². The van der Waals surface area contributed by atoms with Crippen molar-refractivity contribution in [2.45, 2.75) is 65.2 Å². The van der Waals surface area contributed by atoms with Crippen molar-refractivity contribution in [2.24, 2.45) is 23.7 Å². The highest BCUT2D eigenvalue weighted by Gasteiger charge is 2.34. The standard InChI is InChI=1S/C20H32O8/c1-13(2)8-6-4-3-5-7-9-15(19(25)26)16(20(27)28)11-10-14(18(23)24)12-17(21)22/h3,5,13-16H,4,6-12H2,1-2H3,(H,21,22)(H,23,24)(H,25,26)(H,27,28). The van der Waals surface area contributed by atoms with E-state index >= 15 is 0 Å². The molecule has 3 unspecified atom stereocenters. The molecule has 8 heteroatoms. The number of unbranched alkanes of at least 4 members (excludes halogenated alkanes) is 1. The minimum Gasteiger partial charge on any atom is -0.481 e. The number of hydrogen-bond acceptors (Lipinski definition) is 4. The van der Waals surface area contributed by atoms with Crippen LogP contribution in [0.15, 0.2) is 12.2 Å². The Balaban J connectivity index is 4.79. The van der Waals surface area contributed by atoms with Crippen LogP contribution in [0.25, 0.3) is 0 Å². The Morgan fingerprint density at radius 3 is 1.71 bits per heavy atom. The fourth-order valence-corrected chi connectivity index (χ4v) is 3.05. The van der Waals surface area contributed by atoms with E-state index in [1.54, 1.807) is 0 Å². The number of carboxylic acid groups (broad SMARTS) is 4. The van der Waals surface area contributed by atoms with E-state index in [4.69, 9.17) is 10.2 Å². The predicted molar refractivity (Wildman–Crippen MR) is 102 cm³/mol. The Morgan fingerprint density at radius 1 is 0.714 bits per heavy atom. The molecule has 0 aromatic carbocycles. The summed E-state index contributed by atoms with van der Waals surface area (Å²) in [5, 5.41) is 36.6. The van der Waals surface area contributed by atoms with E-state index in [0.29, 0.717) is 12.3 Å². The zero-order chi connectivity index (χ0) is 21.7. The summed E-state index contributed by atoms with van der Waals surface area (Å²) >= 11 is 0. The van der Waals surface area contributed by atoms with Crippen LogP contribution in [0.4, 0.5) is 0 Å². The van der Waals surface area contributed by atoms with Crippen molar-refractivity contribution in [3.8, 4) is 0 Å². The smallest absolute Gasteiger partial charge is 0.307 e. The third-order valence-corrected chi connectivity index (χ3v) is 4.68. The third-order valence-electron chi connectivity index (χ3n) is 4.68. The quantitative estimate of drug-likeness (QED) is 0.227. The van der Waals surface area contributed by atoms with Gasteiger partial charge in [-0.1, -0.05) is 32.4 Å². The lowest BCUT2D eigenvalue weighted by Crippen LogP contribution is -2.31. The summed E-state index contributed by atoms with van der Waals surface area (Å²) in [4.78, 5) is 45.0. The Hall–Kier alpha value is -2.38. The van der Waals surface area contributed by atoms with E-state index in [1.807, 2.05) is 12.2 Å². The maximum absolute atomic E-state index is 11.5. The van der Waals surface area contributed by atoms with Gasteiger partial charge in [0.25, 0.3) is 0 Å². The van der Waals surface area contributed by atoms with Gasteiger partial charge in [0.2, 0.25) is 0 Å². The summed E-state index contributed by atoms with van der Waals surface area (Å²) in [6.45, 7) is 4.27. The van der Waals surface area contributed by atoms with Crippen molar-refractivity contribution < 1.29 is 39.6 Å². The molecule has 0 aliphatic rings. The van der Waals surface area contributed by atoms with Crippen molar-refractivity contribution in [2.75, 3.05) is 0 Å². The molecule has 0 radical (unpaired) electrons. The van der Waals surface area contributed by atoms with Crippen LogP contribution in [0, 0.1) is 23.7 Å². The van der Waals surface area contributed by atoms with Gasteiger partial charge in [-0.25, -0.2) is 0 Å². The average Bonchev–Trinajstić information content (AvgIpc) is 2.56. The Morgan fingerprint density at radius 2 is 1.25 bits per heavy atom. The lowest BCUT2D eigenvalue weighted by molar-refractivity contribution is -0.155. The van der Waals surface area contributed by atoms with Crippen molar-refractivity contribution in [1.82, 2.24) is 0 Å². The Kier molecular flexibility index (Phi) is 12.6. The first kappa shape index (κ1) is 25.6. The van der Waals surface area contributed by atoms with Gasteiger partial charge < -0.3 is 20.4 Å². The molecule has 0 rings (SSSR count). The fraction of sp³-hybridized carbons (Fsp3) is 0.700. The van der Waals surface area contributed by atoms with E-state index in [2.05, 4.69) is 13.8 Å². The molecule has 0 heterocycles. The van der Waals surface area contributed by atoms with Crippen LogP contribution in [0.2, 0.25) is 0 Å². The lowest BCUT2D eigenvalue weighted by atomic mass is 9.82. The number of carbonyl (C=O) groups is 4. The average molecular weight is 400 g/mol. The maximum Gasteiger partial charge on any atom is 0.307 e. The Labute approximate surface area is 165 Å². The fourth-order valence-electron chi connectivity index (χ4n) is 3.05. The van der Waals surface area contributed by atoms with Gasteiger partial charge >= 0.3 is 23.9 Å². The summed E-state index contributed by atoms with van der Waals surface area (Å²) in [5.74, 6) is -8.22. The first-order valence-electron chi connectivity index (χ1n) is 9.61. The molecule has 0 aromatic rings. The van der Waals surface area contributed by atoms with Crippen LogP contribution in [-0.2, 0) is 19.2 Å². The summed E-state index contributed by atoms with van der Waals surface area (Å²) in [5.41, 5.74) is 0. The van der Waals surface area contributed by atoms with E-state index in [0.717, 1.165) is 19.3 Å². The van der Waals surface area contributed by atoms with E-state index in [-0.39, 0.29) is 19.3 Å². The number of carboxylic acids is 4. The van der Waals surface area contributed by atoms with Crippen molar-refractivity contribution in [1.29, 1.82) is 0 Å². The highest BCUT2D eigenvalue weighted by molar-refractivity contribution is 5.80. The molecule has 4 N–H and O–H groups in total. The second kappa shape index (κ2) is 13.7. The first-order chi connectivity index (χ1) is 13.1. The van der Waals surface area contributed by atoms with Gasteiger partial charge in [-0.15, -0.1) is 0 Å². The number of aliphatic carboxylic acids is 4. The molecule has 3 atom stereocenters. The van der Waals surface area contributed by atoms with Crippen molar-refractivity contribution >= 4 is 23.9 Å². The second-order valence-corrected chi connectivity index (χ2v) is 7.47. The van der Waals surface area contributed by atoms with Crippen LogP contribution in [0.5, 0.6) is 0 Å². The summed E-state index contributed by atoms with van der Waals surface area (Å²) in [6.07, 6.45) is 6.35. The molecule has 0 saturated carbocycles. The highest BCUT2D eigenvalue weighted by atomic mass is 16.4. The largest absolute Gasteiger partial charge is 0.481 e. The zero-order valence-corrected chi connectivity index (χ0v) is 16.5. The van der Waals surface area contributed by atoms with Gasteiger partial charge in [-0.05, 0) is 44.4 Å². The SMILES string of the molecule is CC(C)CCCC=CCCC(C(=O)O)C(CCC(CC(=O)O)C(=O)O)C(=O)O. The molecular formula is C20H32O8. The molecule has 160 valence electrons. The van der Waals surface area contributed by atoms with E-state index in [9.17, 15) is 29.4 Å². The van der Waals surface area contributed by atoms with E-state index < -0.39 is 48.1 Å². The van der Waals surface area contributed by atoms with Crippen LogP contribution in [0.3, 0.4) is 0 Å². The normalized spacial score (nSPS) is 14.7. The van der Waals surface area contributed by atoms with Crippen LogP contribution in [-0.4, -0.2) is 44.3 Å². The highest BCUT2D eigenvalue weighted by Crippen LogP contribution is 2.27. The van der Waals surface area contributed by atoms with Crippen LogP contribution >= 0.6 is 0 Å². The van der Waals surface area contributed by atoms with Gasteiger partial charge in [-0.3, -0.25) is 19.2 Å². The Bertz CT molecular complexity index is 552. The predicted octanol–water partition coefficient (Wildman–Crippen LogP) is 3.51. The molecule has 0 spiro atoms. The number of rotatable bonds is 16. The molecule has 0 amide bonds. The topological polar surface area (TPSA) is 149 Å².